The van der Waals surface area contributed by atoms with Crippen molar-refractivity contribution in [1.29, 1.82) is 0 Å². The summed E-state index contributed by atoms with van der Waals surface area (Å²) in [6.07, 6.45) is 1.72. The number of aryl methyl sites for hydroxylation is 1. The van der Waals surface area contributed by atoms with Crippen LogP contribution in [0.1, 0.15) is 5.01 Å². The first kappa shape index (κ1) is 16.8. The van der Waals surface area contributed by atoms with Crippen molar-refractivity contribution in [1.82, 2.24) is 30.0 Å². The smallest absolute Gasteiger partial charge is 0.322 e. The zero-order valence-electron chi connectivity index (χ0n) is 14.6. The van der Waals surface area contributed by atoms with Gasteiger partial charge in [-0.1, -0.05) is 23.5 Å². The predicted octanol–water partition coefficient (Wildman–Crippen LogP) is 2.24. The van der Waals surface area contributed by atoms with Crippen molar-refractivity contribution in [3.8, 4) is 10.6 Å². The summed E-state index contributed by atoms with van der Waals surface area (Å²) in [5.74, 6) is 0.312. The molecule has 1 aliphatic heterocycles. The first-order valence-corrected chi connectivity index (χ1v) is 9.22. The quantitative estimate of drug-likeness (QED) is 0.745. The molecule has 2 amide bonds. The number of rotatable bonds is 2. The number of anilines is 1. The molecule has 0 aliphatic carbocycles. The molecule has 1 aliphatic rings. The van der Waals surface area contributed by atoms with Crippen LogP contribution >= 0.6 is 11.3 Å². The maximum absolute atomic E-state index is 12.4. The Morgan fingerprint density at radius 2 is 2.00 bits per heavy atom. The minimum Gasteiger partial charge on any atom is -0.322 e. The Morgan fingerprint density at radius 3 is 2.73 bits per heavy atom. The van der Waals surface area contributed by atoms with Crippen LogP contribution in [0.3, 0.4) is 0 Å². The molecule has 0 unspecified atom stereocenters. The van der Waals surface area contributed by atoms with E-state index in [0.29, 0.717) is 19.0 Å². The Hall–Kier alpha value is -2.65. The molecule has 0 spiro atoms. The minimum absolute atomic E-state index is 0.159. The van der Waals surface area contributed by atoms with Gasteiger partial charge in [0.2, 0.25) is 5.95 Å². The largest absolute Gasteiger partial charge is 0.324 e. The van der Waals surface area contributed by atoms with E-state index in [1.807, 2.05) is 25.1 Å². The van der Waals surface area contributed by atoms with E-state index in [4.69, 9.17) is 0 Å². The average Bonchev–Trinajstić information content (AvgIpc) is 3.08. The lowest BCUT2D eigenvalue weighted by Gasteiger charge is -2.32. The van der Waals surface area contributed by atoms with Crippen LogP contribution in [-0.2, 0) is 0 Å². The molecule has 3 heterocycles. The second kappa shape index (κ2) is 6.93. The third-order valence-electron chi connectivity index (χ3n) is 4.36. The van der Waals surface area contributed by atoms with Crippen molar-refractivity contribution < 1.29 is 4.79 Å². The molecule has 1 N–H and O–H groups in total. The number of carbonyl (C=O) groups is 1. The third-order valence-corrected chi connectivity index (χ3v) is 5.25. The molecule has 2 aromatic heterocycles. The number of benzene rings is 1. The van der Waals surface area contributed by atoms with Gasteiger partial charge in [-0.3, -0.25) is 5.32 Å². The molecule has 9 heteroatoms. The minimum atomic E-state index is -0.159. The monoisotopic (exact) mass is 369 g/mol. The Morgan fingerprint density at radius 1 is 1.19 bits per heavy atom. The maximum atomic E-state index is 12.4. The van der Waals surface area contributed by atoms with Crippen LogP contribution in [0.15, 0.2) is 24.4 Å². The lowest BCUT2D eigenvalue weighted by atomic mass is 10.1. The molecule has 1 saturated heterocycles. The Balaban J connectivity index is 1.55. The van der Waals surface area contributed by atoms with E-state index in [-0.39, 0.29) is 6.03 Å². The molecule has 26 heavy (non-hydrogen) atoms. The van der Waals surface area contributed by atoms with Gasteiger partial charge in [-0.2, -0.15) is 0 Å². The zero-order valence-corrected chi connectivity index (χ0v) is 15.5. The topological polar surface area (TPSA) is 87.1 Å². The van der Waals surface area contributed by atoms with Crippen molar-refractivity contribution >= 4 is 34.2 Å². The second-order valence-electron chi connectivity index (χ2n) is 6.31. The molecule has 134 valence electrons. The average molecular weight is 369 g/mol. The van der Waals surface area contributed by atoms with Crippen molar-refractivity contribution in [2.24, 2.45) is 0 Å². The van der Waals surface area contributed by atoms with Crippen LogP contribution in [0.5, 0.6) is 0 Å². The summed E-state index contributed by atoms with van der Waals surface area (Å²) in [7, 11) is 2.05. The van der Waals surface area contributed by atoms with E-state index in [2.05, 4.69) is 37.4 Å². The molecule has 0 radical (unpaired) electrons. The van der Waals surface area contributed by atoms with Gasteiger partial charge in [0.1, 0.15) is 10.0 Å². The number of carbonyl (C=O) groups excluding carboxylic acids is 1. The lowest BCUT2D eigenvalue weighted by Crippen LogP contribution is -2.48. The lowest BCUT2D eigenvalue weighted by molar-refractivity contribution is 0.164. The highest BCUT2D eigenvalue weighted by molar-refractivity contribution is 7.14. The fourth-order valence-corrected chi connectivity index (χ4v) is 3.50. The molecule has 8 nitrogen and oxygen atoms in total. The highest BCUT2D eigenvalue weighted by atomic mass is 32.1. The first-order valence-electron chi connectivity index (χ1n) is 8.40. The highest BCUT2D eigenvalue weighted by Crippen LogP contribution is 2.26. The fourth-order valence-electron chi connectivity index (χ4n) is 2.81. The van der Waals surface area contributed by atoms with E-state index < -0.39 is 0 Å². The second-order valence-corrected chi connectivity index (χ2v) is 7.50. The van der Waals surface area contributed by atoms with E-state index in [1.165, 1.54) is 11.3 Å². The number of piperazine rings is 1. The number of hydrogen-bond acceptors (Lipinski definition) is 7. The summed E-state index contributed by atoms with van der Waals surface area (Å²) < 4.78 is 0. The number of nitrogens with one attached hydrogen (secondary N) is 1. The third kappa shape index (κ3) is 3.49. The molecule has 4 rings (SSSR count). The van der Waals surface area contributed by atoms with Gasteiger partial charge in [0.05, 0.1) is 5.52 Å². The number of aromatic nitrogens is 4. The number of fused-ring (bicyclic) bond motifs is 1. The molecular formula is C17H19N7OS. The van der Waals surface area contributed by atoms with E-state index in [1.54, 1.807) is 11.1 Å². The van der Waals surface area contributed by atoms with Gasteiger partial charge in [0.25, 0.3) is 0 Å². The number of hydrogen-bond donors (Lipinski definition) is 1. The van der Waals surface area contributed by atoms with Crippen molar-refractivity contribution in [2.75, 3.05) is 38.5 Å². The SMILES string of the molecule is Cc1nnc(-c2ccc3cnc(NC(=O)N4CCN(C)CC4)nc3c2)s1. The normalized spacial score (nSPS) is 15.4. The van der Waals surface area contributed by atoms with Gasteiger partial charge >= 0.3 is 6.03 Å². The Kier molecular flexibility index (Phi) is 4.48. The standard InChI is InChI=1S/C17H19N7OS/c1-11-21-22-15(26-11)12-3-4-13-10-18-16(19-14(13)9-12)20-17(25)24-7-5-23(2)6-8-24/h3-4,9-10H,5-8H2,1-2H3,(H,18,19,20,25). The molecular weight excluding hydrogens is 350 g/mol. The van der Waals surface area contributed by atoms with Gasteiger partial charge < -0.3 is 9.80 Å². The summed E-state index contributed by atoms with van der Waals surface area (Å²) in [5, 5.41) is 13.7. The van der Waals surface area contributed by atoms with Gasteiger partial charge in [0.15, 0.2) is 0 Å². The summed E-state index contributed by atoms with van der Waals surface area (Å²) in [6.45, 7) is 5.08. The predicted molar refractivity (Wildman–Crippen MR) is 101 cm³/mol. The number of likely N-dealkylation sites (N-methyl/N-ethyl adjacent to an activating group) is 1. The van der Waals surface area contributed by atoms with Crippen molar-refractivity contribution in [2.45, 2.75) is 6.92 Å². The van der Waals surface area contributed by atoms with Crippen LogP contribution in [0.4, 0.5) is 10.7 Å². The fraction of sp³-hybridized carbons (Fsp3) is 0.353. The van der Waals surface area contributed by atoms with Gasteiger partial charge in [0, 0.05) is 43.3 Å². The maximum Gasteiger partial charge on any atom is 0.324 e. The molecule has 1 fully saturated rings. The van der Waals surface area contributed by atoms with E-state index >= 15 is 0 Å². The van der Waals surface area contributed by atoms with Crippen LogP contribution in [-0.4, -0.2) is 69.2 Å². The number of amides is 2. The molecule has 1 aromatic carbocycles. The van der Waals surface area contributed by atoms with Gasteiger partial charge in [-0.15, -0.1) is 10.2 Å². The van der Waals surface area contributed by atoms with Crippen LogP contribution in [0.25, 0.3) is 21.5 Å². The van der Waals surface area contributed by atoms with Crippen LogP contribution in [0, 0.1) is 6.92 Å². The number of nitrogens with zero attached hydrogens (tertiary/aromatic N) is 6. The summed E-state index contributed by atoms with van der Waals surface area (Å²) in [4.78, 5) is 25.1. The summed E-state index contributed by atoms with van der Waals surface area (Å²) >= 11 is 1.54. The Bertz CT molecular complexity index is 949. The molecule has 3 aromatic rings. The molecule has 0 saturated carbocycles. The molecule has 0 atom stereocenters. The molecule has 0 bridgehead atoms. The summed E-state index contributed by atoms with van der Waals surface area (Å²) in [6, 6.07) is 5.72. The van der Waals surface area contributed by atoms with Crippen molar-refractivity contribution in [3.05, 3.63) is 29.4 Å². The van der Waals surface area contributed by atoms with E-state index in [0.717, 1.165) is 39.6 Å². The van der Waals surface area contributed by atoms with Gasteiger partial charge in [-0.05, 0) is 20.0 Å². The Labute approximate surface area is 154 Å². The first-order chi connectivity index (χ1) is 12.6. The van der Waals surface area contributed by atoms with E-state index in [9.17, 15) is 4.79 Å². The highest BCUT2D eigenvalue weighted by Gasteiger charge is 2.19. The van der Waals surface area contributed by atoms with Gasteiger partial charge in [-0.25, -0.2) is 14.8 Å². The van der Waals surface area contributed by atoms with Crippen LogP contribution < -0.4 is 5.32 Å². The summed E-state index contributed by atoms with van der Waals surface area (Å²) in [5.41, 5.74) is 1.72. The zero-order chi connectivity index (χ0) is 18.1. The number of urea groups is 1. The van der Waals surface area contributed by atoms with Crippen LogP contribution in [0.2, 0.25) is 0 Å². The van der Waals surface area contributed by atoms with Crippen molar-refractivity contribution in [3.63, 3.8) is 0 Å².